The molecule has 0 aromatic heterocycles. The Balaban J connectivity index is 1.88. The lowest BCUT2D eigenvalue weighted by Crippen LogP contribution is -2.49. The van der Waals surface area contributed by atoms with Crippen molar-refractivity contribution in [3.63, 3.8) is 0 Å². The van der Waals surface area contributed by atoms with Crippen LogP contribution in [0.15, 0.2) is 53.5 Å². The smallest absolute Gasteiger partial charge is 0.416 e. The molecule has 3 unspecified atom stereocenters. The van der Waals surface area contributed by atoms with Gasteiger partial charge in [-0.2, -0.15) is 31.3 Å². The third kappa shape index (κ3) is 6.17. The quantitative estimate of drug-likeness (QED) is 0.296. The summed E-state index contributed by atoms with van der Waals surface area (Å²) in [5.41, 5.74) is 3.66. The first kappa shape index (κ1) is 25.3. The molecule has 3 rings (SSSR count). The summed E-state index contributed by atoms with van der Waals surface area (Å²) < 4.78 is 83.7. The fraction of sp³-hybridized carbons (Fsp3) is 0.333. The van der Waals surface area contributed by atoms with Gasteiger partial charge in [0, 0.05) is 17.2 Å². The van der Waals surface area contributed by atoms with E-state index in [4.69, 9.17) is 4.74 Å². The third-order valence-corrected chi connectivity index (χ3v) is 5.09. The van der Waals surface area contributed by atoms with Crippen molar-refractivity contribution < 1.29 is 35.9 Å². The summed E-state index contributed by atoms with van der Waals surface area (Å²) in [4.78, 5) is 16.5. The first-order chi connectivity index (χ1) is 15.9. The minimum Gasteiger partial charge on any atom is -0.497 e. The molecule has 0 spiro atoms. The van der Waals surface area contributed by atoms with Gasteiger partial charge in [0.05, 0.1) is 18.8 Å². The van der Waals surface area contributed by atoms with Gasteiger partial charge in [0.1, 0.15) is 11.8 Å². The average Bonchev–Trinajstić information content (AvgIpc) is 3.13. The van der Waals surface area contributed by atoms with Crippen molar-refractivity contribution >= 4 is 17.6 Å². The summed E-state index contributed by atoms with van der Waals surface area (Å²) in [7, 11) is 1.44. The normalized spacial score (nSPS) is 21.3. The number of methoxy groups -OCH3 is 1. The van der Waals surface area contributed by atoms with Crippen molar-refractivity contribution in [2.24, 2.45) is 10.9 Å². The largest absolute Gasteiger partial charge is 0.497 e. The predicted molar refractivity (Wildman–Crippen MR) is 112 cm³/mol. The number of halogens is 6. The Morgan fingerprint density at radius 3 is 2.26 bits per heavy atom. The standard InChI is InChI=1S/C21H21F6N5O2/c1-11-16(21(25,26)27)31-32-17(11)29-19(28-14-5-3-4-13(10-14)20(22,23)24)30-18(33)12-6-8-15(34-2)9-7-12/h3-11,16-17,31-32H,1-2H3,(H2,28,29,30,33). The van der Waals surface area contributed by atoms with Crippen LogP contribution in [0.5, 0.6) is 5.75 Å². The molecule has 1 aliphatic rings. The molecule has 184 valence electrons. The molecule has 7 nitrogen and oxygen atoms in total. The van der Waals surface area contributed by atoms with Gasteiger partial charge in [0.15, 0.2) is 0 Å². The molecule has 2 aromatic carbocycles. The minimum atomic E-state index is -4.62. The van der Waals surface area contributed by atoms with Gasteiger partial charge in [-0.15, -0.1) is 0 Å². The molecule has 1 saturated heterocycles. The van der Waals surface area contributed by atoms with Gasteiger partial charge in [-0.25, -0.2) is 10.9 Å². The van der Waals surface area contributed by atoms with Crippen molar-refractivity contribution in [2.75, 3.05) is 12.4 Å². The summed E-state index contributed by atoms with van der Waals surface area (Å²) >= 11 is 0. The van der Waals surface area contributed by atoms with Crippen molar-refractivity contribution in [1.82, 2.24) is 16.2 Å². The lowest BCUT2D eigenvalue weighted by molar-refractivity contribution is -0.160. The molecular weight excluding hydrogens is 468 g/mol. The molecule has 0 aliphatic carbocycles. The van der Waals surface area contributed by atoms with E-state index in [2.05, 4.69) is 26.5 Å². The summed E-state index contributed by atoms with van der Waals surface area (Å²) in [5, 5.41) is 5.20. The number of ether oxygens (including phenoxy) is 1. The maximum Gasteiger partial charge on any atom is 0.416 e. The fourth-order valence-electron chi connectivity index (χ4n) is 3.24. The summed E-state index contributed by atoms with van der Waals surface area (Å²) in [5.74, 6) is -1.69. The molecule has 0 radical (unpaired) electrons. The lowest BCUT2D eigenvalue weighted by Gasteiger charge is -2.23. The number of nitrogens with zero attached hydrogens (tertiary/aromatic N) is 1. The van der Waals surface area contributed by atoms with E-state index < -0.39 is 41.9 Å². The SMILES string of the molecule is COc1ccc(C(=O)/N=C(/Nc2cccc(C(F)(F)F)c2)NC2NNC(C(F)(F)F)C2C)cc1. The van der Waals surface area contributed by atoms with Crippen LogP contribution in [0.25, 0.3) is 0 Å². The second-order valence-corrected chi connectivity index (χ2v) is 7.49. The van der Waals surface area contributed by atoms with Crippen LogP contribution in [0, 0.1) is 5.92 Å². The van der Waals surface area contributed by atoms with E-state index in [1.54, 1.807) is 0 Å². The van der Waals surface area contributed by atoms with Crippen LogP contribution in [0.1, 0.15) is 22.8 Å². The van der Waals surface area contributed by atoms with Crippen molar-refractivity contribution in [3.05, 3.63) is 59.7 Å². The number of benzene rings is 2. The van der Waals surface area contributed by atoms with Crippen LogP contribution < -0.4 is 26.2 Å². The number of amides is 1. The minimum absolute atomic E-state index is 0.0745. The van der Waals surface area contributed by atoms with E-state index >= 15 is 0 Å². The molecule has 0 saturated carbocycles. The zero-order chi connectivity index (χ0) is 25.1. The highest BCUT2D eigenvalue weighted by Gasteiger charge is 2.49. The molecule has 2 aromatic rings. The highest BCUT2D eigenvalue weighted by molar-refractivity contribution is 6.06. The molecule has 1 aliphatic heterocycles. The summed E-state index contributed by atoms with van der Waals surface area (Å²) in [6.45, 7) is 1.32. The van der Waals surface area contributed by atoms with Crippen molar-refractivity contribution in [1.29, 1.82) is 0 Å². The van der Waals surface area contributed by atoms with Crippen LogP contribution in [-0.4, -0.2) is 37.4 Å². The number of nitrogens with one attached hydrogen (secondary N) is 4. The van der Waals surface area contributed by atoms with E-state index in [0.29, 0.717) is 5.75 Å². The van der Waals surface area contributed by atoms with Crippen LogP contribution >= 0.6 is 0 Å². The zero-order valence-corrected chi connectivity index (χ0v) is 17.9. The highest BCUT2D eigenvalue weighted by atomic mass is 19.4. The number of hydrogen-bond acceptors (Lipinski definition) is 4. The Morgan fingerprint density at radius 2 is 1.71 bits per heavy atom. The molecule has 3 atom stereocenters. The molecule has 1 amide bonds. The number of carbonyl (C=O) groups excluding carboxylic acids is 1. The van der Waals surface area contributed by atoms with Crippen molar-refractivity contribution in [3.8, 4) is 5.75 Å². The molecule has 1 fully saturated rings. The molecule has 13 heteroatoms. The highest BCUT2D eigenvalue weighted by Crippen LogP contribution is 2.31. The van der Waals surface area contributed by atoms with Gasteiger partial charge in [0.25, 0.3) is 5.91 Å². The lowest BCUT2D eigenvalue weighted by atomic mass is 10.0. The number of rotatable bonds is 4. The number of anilines is 1. The zero-order valence-electron chi connectivity index (χ0n) is 17.9. The first-order valence-corrected chi connectivity index (χ1v) is 9.94. The Labute approximate surface area is 190 Å². The van der Waals surface area contributed by atoms with Crippen LogP contribution in [0.3, 0.4) is 0 Å². The number of carbonyl (C=O) groups is 1. The maximum atomic E-state index is 13.2. The fourth-order valence-corrected chi connectivity index (χ4v) is 3.24. The van der Waals surface area contributed by atoms with Gasteiger partial charge in [-0.05, 0) is 42.5 Å². The average molecular weight is 489 g/mol. The van der Waals surface area contributed by atoms with Gasteiger partial charge >= 0.3 is 12.4 Å². The van der Waals surface area contributed by atoms with E-state index in [-0.39, 0.29) is 17.2 Å². The van der Waals surface area contributed by atoms with Crippen LogP contribution in [0.4, 0.5) is 32.0 Å². The summed E-state index contributed by atoms with van der Waals surface area (Å²) in [6.07, 6.45) is -10.2. The van der Waals surface area contributed by atoms with Crippen molar-refractivity contribution in [2.45, 2.75) is 31.5 Å². The van der Waals surface area contributed by atoms with E-state index in [1.165, 1.54) is 44.4 Å². The maximum absolute atomic E-state index is 13.2. The second-order valence-electron chi connectivity index (χ2n) is 7.49. The summed E-state index contributed by atoms with van der Waals surface area (Å²) in [6, 6.07) is 8.06. The Morgan fingerprint density at radius 1 is 1.03 bits per heavy atom. The monoisotopic (exact) mass is 489 g/mol. The Bertz CT molecular complexity index is 1040. The van der Waals surface area contributed by atoms with Gasteiger partial charge in [-0.3, -0.25) is 4.79 Å². The van der Waals surface area contributed by atoms with Crippen LogP contribution in [-0.2, 0) is 6.18 Å². The van der Waals surface area contributed by atoms with Gasteiger partial charge in [0.2, 0.25) is 5.96 Å². The number of aliphatic imine (C=N–C) groups is 1. The Hall–Kier alpha value is -3.32. The van der Waals surface area contributed by atoms with E-state index in [0.717, 1.165) is 18.2 Å². The van der Waals surface area contributed by atoms with E-state index in [9.17, 15) is 31.1 Å². The molecule has 1 heterocycles. The molecule has 34 heavy (non-hydrogen) atoms. The topological polar surface area (TPSA) is 86.8 Å². The molecule has 4 N–H and O–H groups in total. The second kappa shape index (κ2) is 9.89. The molecular formula is C21H21F6N5O2. The predicted octanol–water partition coefficient (Wildman–Crippen LogP) is 3.91. The number of guanidine groups is 1. The number of hydrogen-bond donors (Lipinski definition) is 4. The third-order valence-electron chi connectivity index (χ3n) is 5.09. The van der Waals surface area contributed by atoms with Crippen LogP contribution in [0.2, 0.25) is 0 Å². The Kier molecular flexibility index (Phi) is 7.36. The first-order valence-electron chi connectivity index (χ1n) is 9.94. The van der Waals surface area contributed by atoms with Gasteiger partial charge in [-0.1, -0.05) is 13.0 Å². The van der Waals surface area contributed by atoms with Gasteiger partial charge < -0.3 is 15.4 Å². The number of hydrazine groups is 1. The molecule has 0 bridgehead atoms. The number of alkyl halides is 6. The van der Waals surface area contributed by atoms with E-state index in [1.807, 2.05) is 0 Å².